The summed E-state index contributed by atoms with van der Waals surface area (Å²) in [6, 6.07) is 0. The predicted octanol–water partition coefficient (Wildman–Crippen LogP) is 1.39. The molecule has 0 atom stereocenters. The topological polar surface area (TPSA) is 32.5 Å². The van der Waals surface area contributed by atoms with E-state index in [-0.39, 0.29) is 5.54 Å². The van der Waals surface area contributed by atoms with Crippen LogP contribution in [0.25, 0.3) is 0 Å². The molecule has 0 unspecified atom stereocenters. The molecular weight excluding hydrogens is 186 g/mol. The fourth-order valence-corrected chi connectivity index (χ4v) is 2.10. The molecule has 0 radical (unpaired) electrons. The molecule has 0 aliphatic carbocycles. The van der Waals surface area contributed by atoms with Crippen LogP contribution in [-0.4, -0.2) is 56.1 Å². The zero-order valence-corrected chi connectivity index (χ0v) is 11.2. The molecule has 3 heteroatoms. The van der Waals surface area contributed by atoms with Crippen molar-refractivity contribution in [2.24, 2.45) is 5.73 Å². The van der Waals surface area contributed by atoms with Gasteiger partial charge in [-0.15, -0.1) is 0 Å². The lowest BCUT2D eigenvalue weighted by atomic mass is 9.91. The van der Waals surface area contributed by atoms with Crippen LogP contribution in [-0.2, 0) is 0 Å². The Hall–Kier alpha value is -0.120. The van der Waals surface area contributed by atoms with Gasteiger partial charge in [0.1, 0.15) is 0 Å². The molecule has 0 amide bonds. The zero-order chi connectivity index (χ0) is 11.9. The average molecular weight is 215 g/mol. The molecule has 3 nitrogen and oxygen atoms in total. The van der Waals surface area contributed by atoms with Gasteiger partial charge in [0.2, 0.25) is 0 Å². The molecule has 0 heterocycles. The van der Waals surface area contributed by atoms with Gasteiger partial charge in [-0.25, -0.2) is 0 Å². The lowest BCUT2D eigenvalue weighted by molar-refractivity contribution is 0.111. The monoisotopic (exact) mass is 215 g/mol. The van der Waals surface area contributed by atoms with Gasteiger partial charge in [0, 0.05) is 12.1 Å². The number of hydrogen-bond acceptors (Lipinski definition) is 3. The molecule has 92 valence electrons. The fraction of sp³-hybridized carbons (Fsp3) is 1.00. The summed E-state index contributed by atoms with van der Waals surface area (Å²) < 4.78 is 0. The van der Waals surface area contributed by atoms with Crippen molar-refractivity contribution in [1.82, 2.24) is 9.80 Å². The van der Waals surface area contributed by atoms with Gasteiger partial charge in [-0.2, -0.15) is 0 Å². The van der Waals surface area contributed by atoms with Crippen molar-refractivity contribution in [3.63, 3.8) is 0 Å². The van der Waals surface area contributed by atoms with Crippen molar-refractivity contribution in [2.45, 2.75) is 38.6 Å². The summed E-state index contributed by atoms with van der Waals surface area (Å²) in [7, 11) is 6.45. The van der Waals surface area contributed by atoms with Crippen molar-refractivity contribution >= 4 is 0 Å². The molecule has 0 aliphatic heterocycles. The van der Waals surface area contributed by atoms with Gasteiger partial charge < -0.3 is 10.6 Å². The first-order valence-electron chi connectivity index (χ1n) is 6.08. The molecule has 0 aromatic heterocycles. The van der Waals surface area contributed by atoms with Crippen LogP contribution in [0.3, 0.4) is 0 Å². The summed E-state index contributed by atoms with van der Waals surface area (Å²) in [5, 5.41) is 0. The molecule has 0 bridgehead atoms. The zero-order valence-electron chi connectivity index (χ0n) is 11.2. The highest BCUT2D eigenvalue weighted by molar-refractivity contribution is 4.87. The molecule has 0 aromatic rings. The van der Waals surface area contributed by atoms with E-state index in [1.165, 1.54) is 6.42 Å². The molecule has 15 heavy (non-hydrogen) atoms. The molecular formula is C12H29N3. The summed E-state index contributed by atoms with van der Waals surface area (Å²) in [6.45, 7) is 7.52. The van der Waals surface area contributed by atoms with Crippen molar-refractivity contribution < 1.29 is 0 Å². The minimum absolute atomic E-state index is 0.215. The van der Waals surface area contributed by atoms with Gasteiger partial charge in [0.25, 0.3) is 0 Å². The van der Waals surface area contributed by atoms with E-state index in [4.69, 9.17) is 5.73 Å². The van der Waals surface area contributed by atoms with Gasteiger partial charge in [-0.05, 0) is 53.5 Å². The second-order valence-corrected chi connectivity index (χ2v) is 4.71. The lowest BCUT2D eigenvalue weighted by Gasteiger charge is -2.40. The number of rotatable bonds is 8. The standard InChI is InChI=1S/C12H29N3/c1-6-12(7-2,11-13)15(5)10-8-9-14(3)4/h6-11,13H2,1-5H3. The Bertz CT molecular complexity index is 145. The van der Waals surface area contributed by atoms with Crippen LogP contribution in [0.2, 0.25) is 0 Å². The van der Waals surface area contributed by atoms with Crippen LogP contribution in [0.5, 0.6) is 0 Å². The van der Waals surface area contributed by atoms with Gasteiger partial charge in [-0.3, -0.25) is 4.90 Å². The quantitative estimate of drug-likeness (QED) is 0.664. The Morgan fingerprint density at radius 1 is 1.00 bits per heavy atom. The Kier molecular flexibility index (Phi) is 7.14. The minimum Gasteiger partial charge on any atom is -0.329 e. The Morgan fingerprint density at radius 2 is 1.53 bits per heavy atom. The van der Waals surface area contributed by atoms with Crippen LogP contribution in [0.1, 0.15) is 33.1 Å². The molecule has 2 N–H and O–H groups in total. The molecule has 0 spiro atoms. The van der Waals surface area contributed by atoms with Crippen molar-refractivity contribution in [3.8, 4) is 0 Å². The summed E-state index contributed by atoms with van der Waals surface area (Å²) in [4.78, 5) is 4.67. The maximum atomic E-state index is 5.91. The van der Waals surface area contributed by atoms with Crippen LogP contribution < -0.4 is 5.73 Å². The molecule has 0 rings (SSSR count). The van der Waals surface area contributed by atoms with E-state index in [1.54, 1.807) is 0 Å². The highest BCUT2D eigenvalue weighted by Crippen LogP contribution is 2.21. The lowest BCUT2D eigenvalue weighted by Crippen LogP contribution is -2.51. The predicted molar refractivity (Wildman–Crippen MR) is 68.2 cm³/mol. The van der Waals surface area contributed by atoms with Crippen molar-refractivity contribution in [1.29, 1.82) is 0 Å². The molecule has 0 fully saturated rings. The number of nitrogens with zero attached hydrogens (tertiary/aromatic N) is 2. The van der Waals surface area contributed by atoms with Crippen LogP contribution >= 0.6 is 0 Å². The van der Waals surface area contributed by atoms with Crippen LogP contribution in [0.4, 0.5) is 0 Å². The van der Waals surface area contributed by atoms with Crippen LogP contribution in [0, 0.1) is 0 Å². The highest BCUT2D eigenvalue weighted by Gasteiger charge is 2.28. The fourth-order valence-electron chi connectivity index (χ4n) is 2.10. The molecule has 0 aliphatic rings. The third kappa shape index (κ3) is 4.49. The molecule has 0 saturated carbocycles. The summed E-state index contributed by atoms with van der Waals surface area (Å²) in [5.74, 6) is 0. The molecule has 0 saturated heterocycles. The largest absolute Gasteiger partial charge is 0.329 e. The van der Waals surface area contributed by atoms with E-state index < -0.39 is 0 Å². The summed E-state index contributed by atoms with van der Waals surface area (Å²) in [5.41, 5.74) is 6.12. The van der Waals surface area contributed by atoms with Crippen molar-refractivity contribution in [3.05, 3.63) is 0 Å². The summed E-state index contributed by atoms with van der Waals surface area (Å²) in [6.07, 6.45) is 3.49. The Balaban J connectivity index is 4.08. The SMILES string of the molecule is CCC(CC)(CN)N(C)CCCN(C)C. The van der Waals surface area contributed by atoms with E-state index in [1.807, 2.05) is 0 Å². The smallest absolute Gasteiger partial charge is 0.0323 e. The van der Waals surface area contributed by atoms with Gasteiger partial charge in [-0.1, -0.05) is 13.8 Å². The summed E-state index contributed by atoms with van der Waals surface area (Å²) >= 11 is 0. The van der Waals surface area contributed by atoms with E-state index in [0.717, 1.165) is 32.5 Å². The van der Waals surface area contributed by atoms with Crippen molar-refractivity contribution in [2.75, 3.05) is 40.8 Å². The molecule has 0 aromatic carbocycles. The first-order valence-corrected chi connectivity index (χ1v) is 6.08. The van der Waals surface area contributed by atoms with Gasteiger partial charge in [0.15, 0.2) is 0 Å². The Labute approximate surface area is 95.6 Å². The van der Waals surface area contributed by atoms with E-state index in [2.05, 4.69) is 44.8 Å². The number of likely N-dealkylation sites (N-methyl/N-ethyl adjacent to an activating group) is 1. The number of hydrogen-bond donors (Lipinski definition) is 1. The van der Waals surface area contributed by atoms with Gasteiger partial charge >= 0.3 is 0 Å². The average Bonchev–Trinajstić information content (AvgIpc) is 2.21. The number of nitrogens with two attached hydrogens (primary N) is 1. The van der Waals surface area contributed by atoms with E-state index >= 15 is 0 Å². The minimum atomic E-state index is 0.215. The highest BCUT2D eigenvalue weighted by atomic mass is 15.2. The van der Waals surface area contributed by atoms with E-state index in [0.29, 0.717) is 0 Å². The van der Waals surface area contributed by atoms with Gasteiger partial charge in [0.05, 0.1) is 0 Å². The first-order chi connectivity index (χ1) is 7.02. The third-order valence-corrected chi connectivity index (χ3v) is 3.60. The second-order valence-electron chi connectivity index (χ2n) is 4.71. The third-order valence-electron chi connectivity index (χ3n) is 3.60. The normalized spacial score (nSPS) is 12.8. The maximum Gasteiger partial charge on any atom is 0.0323 e. The second kappa shape index (κ2) is 7.20. The van der Waals surface area contributed by atoms with E-state index in [9.17, 15) is 0 Å². The first kappa shape index (κ1) is 14.9. The maximum absolute atomic E-state index is 5.91. The Morgan fingerprint density at radius 3 is 1.87 bits per heavy atom. The van der Waals surface area contributed by atoms with Crippen LogP contribution in [0.15, 0.2) is 0 Å².